The van der Waals surface area contributed by atoms with E-state index in [4.69, 9.17) is 37.1 Å². The number of carbonyl (C=O) groups excluding carboxylic acids is 1. The number of alkyl halides is 3. The number of rotatable bonds is 4. The fourth-order valence-corrected chi connectivity index (χ4v) is 4.83. The first-order valence-electron chi connectivity index (χ1n) is 10.5. The zero-order valence-corrected chi connectivity index (χ0v) is 20.4. The molecule has 1 atom stereocenters. The average molecular weight is 529 g/mol. The van der Waals surface area contributed by atoms with Crippen molar-refractivity contribution in [3.05, 3.63) is 74.7 Å². The van der Waals surface area contributed by atoms with Gasteiger partial charge in [-0.25, -0.2) is 4.79 Å². The number of nitrogens with one attached hydrogen (secondary N) is 1. The fourth-order valence-electron chi connectivity index (χ4n) is 4.29. The molecule has 0 spiro atoms. The maximum absolute atomic E-state index is 13.4. The Labute approximate surface area is 209 Å². The number of aryl methyl sites for hydroxylation is 1. The van der Waals surface area contributed by atoms with Crippen LogP contribution in [0.25, 0.3) is 0 Å². The Morgan fingerprint density at radius 3 is 2.37 bits per heavy atom. The lowest BCUT2D eigenvalue weighted by molar-refractivity contribution is -0.152. The summed E-state index contributed by atoms with van der Waals surface area (Å²) in [5.41, 5.74) is 1.63. The van der Waals surface area contributed by atoms with Crippen molar-refractivity contribution in [2.45, 2.75) is 25.6 Å². The molecule has 1 unspecified atom stereocenters. The minimum atomic E-state index is -4.77. The number of carbonyl (C=O) groups is 1. The number of nitrogens with zero attached hydrogens (tertiary/aromatic N) is 1. The monoisotopic (exact) mass is 528 g/mol. The zero-order valence-electron chi connectivity index (χ0n) is 18.9. The molecule has 1 aliphatic rings. The summed E-state index contributed by atoms with van der Waals surface area (Å²) in [5.74, 6) is -0.230. The van der Waals surface area contributed by atoms with E-state index in [1.165, 1.54) is 26.0 Å². The maximum Gasteiger partial charge on any atom is 0.451 e. The van der Waals surface area contributed by atoms with E-state index in [1.54, 1.807) is 24.3 Å². The van der Waals surface area contributed by atoms with Crippen LogP contribution in [0, 0.1) is 6.92 Å². The molecule has 2 heterocycles. The van der Waals surface area contributed by atoms with Crippen molar-refractivity contribution in [3.8, 4) is 11.5 Å². The first kappa shape index (κ1) is 25.1. The molecule has 0 bridgehead atoms. The molecule has 0 saturated heterocycles. The van der Waals surface area contributed by atoms with Crippen molar-refractivity contribution < 1.29 is 31.9 Å². The molecule has 3 aromatic rings. The largest absolute Gasteiger partial charge is 0.497 e. The number of fused-ring (bicyclic) bond motifs is 1. The Morgan fingerprint density at radius 2 is 1.77 bits per heavy atom. The second kappa shape index (κ2) is 9.54. The van der Waals surface area contributed by atoms with Crippen LogP contribution in [-0.4, -0.2) is 31.7 Å². The third-order valence-electron chi connectivity index (χ3n) is 5.68. The van der Waals surface area contributed by atoms with Crippen molar-refractivity contribution in [2.24, 2.45) is 0 Å². The quantitative estimate of drug-likeness (QED) is 0.391. The lowest BCUT2D eigenvalue weighted by Gasteiger charge is -2.38. The highest BCUT2D eigenvalue weighted by Crippen LogP contribution is 2.44. The van der Waals surface area contributed by atoms with Gasteiger partial charge in [0.05, 0.1) is 25.9 Å². The lowest BCUT2D eigenvalue weighted by Crippen LogP contribution is -2.43. The molecule has 2 aromatic carbocycles. The summed E-state index contributed by atoms with van der Waals surface area (Å²) >= 11 is 12.5. The summed E-state index contributed by atoms with van der Waals surface area (Å²) in [4.78, 5) is 14.8. The molecule has 35 heavy (non-hydrogen) atoms. The zero-order chi connectivity index (χ0) is 25.5. The van der Waals surface area contributed by atoms with Crippen LogP contribution in [0.5, 0.6) is 11.5 Å². The van der Waals surface area contributed by atoms with Crippen LogP contribution in [0.3, 0.4) is 0 Å². The molecule has 186 valence electrons. The van der Waals surface area contributed by atoms with E-state index >= 15 is 0 Å². The molecular formula is C24H21Cl2F3N2O4. The number of methoxy groups -OCH3 is 2. The minimum Gasteiger partial charge on any atom is -0.497 e. The first-order chi connectivity index (χ1) is 16.5. The van der Waals surface area contributed by atoms with Gasteiger partial charge in [-0.3, -0.25) is 0 Å². The smallest absolute Gasteiger partial charge is 0.451 e. The van der Waals surface area contributed by atoms with Gasteiger partial charge < -0.3 is 24.1 Å². The highest BCUT2D eigenvalue weighted by Gasteiger charge is 2.40. The summed E-state index contributed by atoms with van der Waals surface area (Å²) in [6.45, 7) is 1.57. The molecular weight excluding hydrogens is 508 g/mol. The predicted molar refractivity (Wildman–Crippen MR) is 126 cm³/mol. The summed E-state index contributed by atoms with van der Waals surface area (Å²) in [7, 11) is 3.02. The van der Waals surface area contributed by atoms with Crippen LogP contribution >= 0.6 is 23.2 Å². The van der Waals surface area contributed by atoms with E-state index in [2.05, 4.69) is 5.32 Å². The van der Waals surface area contributed by atoms with Crippen LogP contribution in [0.2, 0.25) is 10.0 Å². The Hall–Kier alpha value is -3.04. The maximum atomic E-state index is 13.4. The summed E-state index contributed by atoms with van der Waals surface area (Å²) < 4.78 is 56.1. The van der Waals surface area contributed by atoms with Gasteiger partial charge in [0.25, 0.3) is 0 Å². The molecule has 1 aromatic heterocycles. The van der Waals surface area contributed by atoms with Gasteiger partial charge in [0, 0.05) is 34.3 Å². The van der Waals surface area contributed by atoms with E-state index < -0.39 is 29.7 Å². The van der Waals surface area contributed by atoms with Crippen molar-refractivity contribution in [2.75, 3.05) is 26.1 Å². The molecule has 4 rings (SSSR count). The van der Waals surface area contributed by atoms with Crippen molar-refractivity contribution in [3.63, 3.8) is 0 Å². The highest BCUT2D eigenvalue weighted by molar-refractivity contribution is 6.34. The number of ether oxygens (including phenoxy) is 2. The third-order valence-corrected chi connectivity index (χ3v) is 6.12. The number of furan rings is 1. The molecule has 2 amide bonds. The molecule has 6 nitrogen and oxygen atoms in total. The molecule has 0 radical (unpaired) electrons. The molecule has 1 aliphatic heterocycles. The van der Waals surface area contributed by atoms with Gasteiger partial charge in [-0.1, -0.05) is 23.2 Å². The van der Waals surface area contributed by atoms with E-state index in [-0.39, 0.29) is 12.3 Å². The summed E-state index contributed by atoms with van der Waals surface area (Å²) in [6, 6.07) is 8.01. The van der Waals surface area contributed by atoms with Gasteiger partial charge in [-0.2, -0.15) is 13.2 Å². The number of amides is 2. The standard InChI is InChI=1S/C24H21Cl2F3N2O4/c1-12-6-18(22(35-12)24(27,28)29)30-23(32)31-5-4-13-9-17(33-2)11-19(34-3)20(13)21(31)14-7-15(25)10-16(26)8-14/h6-11,21H,4-5H2,1-3H3,(H,30,32). The van der Waals surface area contributed by atoms with Crippen LogP contribution in [0.15, 0.2) is 40.8 Å². The number of halogens is 5. The van der Waals surface area contributed by atoms with Crippen LogP contribution in [-0.2, 0) is 12.6 Å². The van der Waals surface area contributed by atoms with Gasteiger partial charge in [0.2, 0.25) is 5.76 Å². The minimum absolute atomic E-state index is 0.0172. The molecule has 0 aliphatic carbocycles. The van der Waals surface area contributed by atoms with Crippen molar-refractivity contribution in [1.82, 2.24) is 4.90 Å². The van der Waals surface area contributed by atoms with Crippen LogP contribution in [0.4, 0.5) is 23.7 Å². The fraction of sp³-hybridized carbons (Fsp3) is 0.292. The van der Waals surface area contributed by atoms with Gasteiger partial charge >= 0.3 is 12.2 Å². The second-order valence-electron chi connectivity index (χ2n) is 7.98. The van der Waals surface area contributed by atoms with Crippen LogP contribution in [0.1, 0.15) is 34.3 Å². The van der Waals surface area contributed by atoms with E-state index in [0.717, 1.165) is 11.6 Å². The number of benzene rings is 2. The summed E-state index contributed by atoms with van der Waals surface area (Å²) in [6.07, 6.45) is -4.36. The van der Waals surface area contributed by atoms with Gasteiger partial charge in [-0.05, 0) is 48.7 Å². The third kappa shape index (κ3) is 5.01. The Morgan fingerprint density at radius 1 is 1.09 bits per heavy atom. The number of anilines is 1. The van der Waals surface area contributed by atoms with Gasteiger partial charge in [0.15, 0.2) is 0 Å². The first-order valence-corrected chi connectivity index (χ1v) is 11.2. The average Bonchev–Trinajstić information content (AvgIpc) is 3.17. The number of hydrogen-bond acceptors (Lipinski definition) is 4. The molecule has 0 fully saturated rings. The lowest BCUT2D eigenvalue weighted by atomic mass is 9.87. The SMILES string of the molecule is COc1cc2c(c(OC)c1)C(c1cc(Cl)cc(Cl)c1)N(C(=O)Nc1cc(C)oc1C(F)(F)F)CC2. The molecule has 11 heteroatoms. The van der Waals surface area contributed by atoms with Crippen molar-refractivity contribution in [1.29, 1.82) is 0 Å². The van der Waals surface area contributed by atoms with Gasteiger partial charge in [0.1, 0.15) is 17.3 Å². The number of hydrogen-bond donors (Lipinski definition) is 1. The Kier molecular flexibility index (Phi) is 6.83. The second-order valence-corrected chi connectivity index (χ2v) is 8.85. The van der Waals surface area contributed by atoms with Gasteiger partial charge in [-0.15, -0.1) is 0 Å². The van der Waals surface area contributed by atoms with Crippen molar-refractivity contribution >= 4 is 34.9 Å². The Bertz CT molecular complexity index is 1240. The predicted octanol–water partition coefficient (Wildman–Crippen LogP) is 7.11. The number of urea groups is 1. The van der Waals surface area contributed by atoms with Crippen LogP contribution < -0.4 is 14.8 Å². The Balaban J connectivity index is 1.82. The van der Waals surface area contributed by atoms with E-state index in [1.807, 2.05) is 6.07 Å². The van der Waals surface area contributed by atoms with E-state index in [0.29, 0.717) is 39.1 Å². The molecule has 0 saturated carbocycles. The van der Waals surface area contributed by atoms with E-state index in [9.17, 15) is 18.0 Å². The molecule has 1 N–H and O–H groups in total. The normalized spacial score (nSPS) is 15.5. The summed E-state index contributed by atoms with van der Waals surface area (Å²) in [5, 5.41) is 3.06. The highest BCUT2D eigenvalue weighted by atomic mass is 35.5. The topological polar surface area (TPSA) is 63.9 Å².